The molecule has 0 heterocycles. The van der Waals surface area contributed by atoms with Crippen LogP contribution in [-0.4, -0.2) is 28.1 Å². The van der Waals surface area contributed by atoms with E-state index in [0.29, 0.717) is 0 Å². The first-order valence-electron chi connectivity index (χ1n) is 6.73. The first-order valence-corrected chi connectivity index (χ1v) is 6.73. The van der Waals surface area contributed by atoms with E-state index in [1.165, 1.54) is 42.5 Å². The molecule has 0 radical (unpaired) electrons. The number of hydrogen-bond acceptors (Lipinski definition) is 3. The quantitative estimate of drug-likeness (QED) is 0.732. The Bertz CT molecular complexity index is 845. The van der Waals surface area contributed by atoms with Crippen LogP contribution in [0.3, 0.4) is 0 Å². The van der Waals surface area contributed by atoms with Crippen molar-refractivity contribution in [1.29, 1.82) is 0 Å². The number of benzene rings is 2. The molecule has 0 spiro atoms. The molecule has 0 aromatic heterocycles. The summed E-state index contributed by atoms with van der Waals surface area (Å²) < 4.78 is 14.3. The maximum Gasteiger partial charge on any atom is 0.336 e. The van der Waals surface area contributed by atoms with E-state index in [1.54, 1.807) is 0 Å². The summed E-state index contributed by atoms with van der Waals surface area (Å²) in [4.78, 5) is 33.8. The van der Waals surface area contributed by atoms with Crippen molar-refractivity contribution in [3.8, 4) is 0 Å². The van der Waals surface area contributed by atoms with Crippen molar-refractivity contribution in [2.75, 3.05) is 5.32 Å². The zero-order valence-corrected chi connectivity index (χ0v) is 12.2. The summed E-state index contributed by atoms with van der Waals surface area (Å²) in [7, 11) is 0. The molecule has 0 aliphatic heterocycles. The summed E-state index contributed by atoms with van der Waals surface area (Å²) in [6, 6.07) is 9.60. The van der Waals surface area contributed by atoms with Crippen LogP contribution in [0, 0.1) is 5.82 Å². The third-order valence-corrected chi connectivity index (χ3v) is 3.08. The SMILES string of the molecule is O=C(O)/C=C/c1cccc(NC(=O)c2ccccc2C(=O)O)c1F. The van der Waals surface area contributed by atoms with Crippen molar-refractivity contribution in [1.82, 2.24) is 0 Å². The smallest absolute Gasteiger partial charge is 0.336 e. The molecule has 0 saturated heterocycles. The molecule has 122 valence electrons. The Kier molecular flexibility index (Phi) is 5.06. The Hall–Kier alpha value is -3.48. The topological polar surface area (TPSA) is 104 Å². The first kappa shape index (κ1) is 16.9. The fourth-order valence-corrected chi connectivity index (χ4v) is 1.99. The van der Waals surface area contributed by atoms with Gasteiger partial charge in [0.05, 0.1) is 16.8 Å². The van der Waals surface area contributed by atoms with Gasteiger partial charge < -0.3 is 15.5 Å². The molecule has 2 aromatic rings. The third kappa shape index (κ3) is 3.83. The van der Waals surface area contributed by atoms with Crippen LogP contribution in [0.1, 0.15) is 26.3 Å². The van der Waals surface area contributed by atoms with Gasteiger partial charge in [-0.15, -0.1) is 0 Å². The van der Waals surface area contributed by atoms with Gasteiger partial charge >= 0.3 is 11.9 Å². The Labute approximate surface area is 135 Å². The monoisotopic (exact) mass is 329 g/mol. The van der Waals surface area contributed by atoms with Crippen LogP contribution in [0.5, 0.6) is 0 Å². The van der Waals surface area contributed by atoms with Crippen LogP contribution in [0.15, 0.2) is 48.5 Å². The fourth-order valence-electron chi connectivity index (χ4n) is 1.99. The van der Waals surface area contributed by atoms with Gasteiger partial charge in [-0.3, -0.25) is 4.79 Å². The van der Waals surface area contributed by atoms with E-state index in [-0.39, 0.29) is 22.4 Å². The minimum Gasteiger partial charge on any atom is -0.478 e. The number of anilines is 1. The van der Waals surface area contributed by atoms with Gasteiger partial charge in [0.2, 0.25) is 0 Å². The second-order valence-electron chi connectivity index (χ2n) is 4.69. The predicted molar refractivity (Wildman–Crippen MR) is 84.4 cm³/mol. The van der Waals surface area contributed by atoms with Gasteiger partial charge in [-0.25, -0.2) is 14.0 Å². The molecule has 0 aliphatic carbocycles. The molecule has 0 atom stereocenters. The Morgan fingerprint density at radius 3 is 2.25 bits per heavy atom. The summed E-state index contributed by atoms with van der Waals surface area (Å²) >= 11 is 0. The highest BCUT2D eigenvalue weighted by atomic mass is 19.1. The van der Waals surface area contributed by atoms with E-state index in [1.807, 2.05) is 0 Å². The summed E-state index contributed by atoms with van der Waals surface area (Å²) in [5.41, 5.74) is -0.539. The Balaban J connectivity index is 2.32. The standard InChI is InChI=1S/C17H12FNO5/c18-15-10(8-9-14(20)21)4-3-7-13(15)19-16(22)11-5-1-2-6-12(11)17(23)24/h1-9H,(H,19,22)(H,20,21)(H,23,24)/b9-8+. The zero-order chi connectivity index (χ0) is 17.7. The largest absolute Gasteiger partial charge is 0.478 e. The zero-order valence-electron chi connectivity index (χ0n) is 12.2. The molecule has 2 aromatic carbocycles. The molecule has 3 N–H and O–H groups in total. The molecular weight excluding hydrogens is 317 g/mol. The fraction of sp³-hybridized carbons (Fsp3) is 0. The number of halogens is 1. The van der Waals surface area contributed by atoms with Crippen LogP contribution >= 0.6 is 0 Å². The van der Waals surface area contributed by atoms with Crippen molar-refractivity contribution in [2.24, 2.45) is 0 Å². The van der Waals surface area contributed by atoms with Crippen molar-refractivity contribution in [3.05, 3.63) is 71.0 Å². The number of nitrogens with one attached hydrogen (secondary N) is 1. The van der Waals surface area contributed by atoms with Gasteiger partial charge in [-0.2, -0.15) is 0 Å². The number of carboxylic acids is 2. The van der Waals surface area contributed by atoms with Crippen molar-refractivity contribution < 1.29 is 29.0 Å². The number of hydrogen-bond donors (Lipinski definition) is 3. The average Bonchev–Trinajstić information content (AvgIpc) is 2.55. The lowest BCUT2D eigenvalue weighted by molar-refractivity contribution is -0.131. The van der Waals surface area contributed by atoms with E-state index < -0.39 is 23.7 Å². The second kappa shape index (κ2) is 7.19. The van der Waals surface area contributed by atoms with Crippen LogP contribution in [0.4, 0.5) is 10.1 Å². The van der Waals surface area contributed by atoms with E-state index in [0.717, 1.165) is 12.2 Å². The van der Waals surface area contributed by atoms with Gasteiger partial charge in [0.25, 0.3) is 5.91 Å². The molecular formula is C17H12FNO5. The number of carbonyl (C=O) groups excluding carboxylic acids is 1. The highest BCUT2D eigenvalue weighted by Crippen LogP contribution is 2.21. The number of carbonyl (C=O) groups is 3. The van der Waals surface area contributed by atoms with Crippen molar-refractivity contribution in [3.63, 3.8) is 0 Å². The van der Waals surface area contributed by atoms with Gasteiger partial charge in [0, 0.05) is 11.6 Å². The van der Waals surface area contributed by atoms with Crippen molar-refractivity contribution in [2.45, 2.75) is 0 Å². The minimum atomic E-state index is -1.28. The predicted octanol–water partition coefficient (Wildman–Crippen LogP) is 2.87. The highest BCUT2D eigenvalue weighted by Gasteiger charge is 2.17. The number of rotatable bonds is 5. The molecule has 0 fully saturated rings. The second-order valence-corrected chi connectivity index (χ2v) is 4.69. The molecule has 0 saturated carbocycles. The Morgan fingerprint density at radius 1 is 0.958 bits per heavy atom. The molecule has 7 heteroatoms. The lowest BCUT2D eigenvalue weighted by Gasteiger charge is -2.09. The maximum atomic E-state index is 14.3. The summed E-state index contributed by atoms with van der Waals surface area (Å²) in [6.07, 6.45) is 1.82. The van der Waals surface area contributed by atoms with Crippen LogP contribution < -0.4 is 5.32 Å². The molecule has 6 nitrogen and oxygen atoms in total. The molecule has 0 bridgehead atoms. The number of aliphatic carboxylic acids is 1. The molecule has 0 unspecified atom stereocenters. The summed E-state index contributed by atoms with van der Waals surface area (Å²) in [5, 5.41) is 20.0. The number of aromatic carboxylic acids is 1. The van der Waals surface area contributed by atoms with Gasteiger partial charge in [-0.05, 0) is 24.3 Å². The third-order valence-electron chi connectivity index (χ3n) is 3.08. The normalized spacial score (nSPS) is 10.5. The maximum absolute atomic E-state index is 14.3. The molecule has 1 amide bonds. The first-order chi connectivity index (χ1) is 11.4. The summed E-state index contributed by atoms with van der Waals surface area (Å²) in [6.45, 7) is 0. The van der Waals surface area contributed by atoms with E-state index in [9.17, 15) is 18.8 Å². The molecule has 0 aliphatic rings. The van der Waals surface area contributed by atoms with Gasteiger partial charge in [0.1, 0.15) is 0 Å². The Morgan fingerprint density at radius 2 is 1.62 bits per heavy atom. The number of carboxylic acid groups (broad SMARTS) is 2. The van der Waals surface area contributed by atoms with Gasteiger partial charge in [0.15, 0.2) is 5.82 Å². The lowest BCUT2D eigenvalue weighted by atomic mass is 10.1. The van der Waals surface area contributed by atoms with Crippen molar-refractivity contribution >= 4 is 29.6 Å². The van der Waals surface area contributed by atoms with Gasteiger partial charge in [-0.1, -0.05) is 24.3 Å². The van der Waals surface area contributed by atoms with E-state index in [2.05, 4.69) is 5.32 Å². The van der Waals surface area contributed by atoms with E-state index in [4.69, 9.17) is 10.2 Å². The number of amides is 1. The van der Waals surface area contributed by atoms with Crippen LogP contribution in [-0.2, 0) is 4.79 Å². The molecule has 2 rings (SSSR count). The van der Waals surface area contributed by atoms with Crippen LogP contribution in [0.2, 0.25) is 0 Å². The average molecular weight is 329 g/mol. The summed E-state index contributed by atoms with van der Waals surface area (Å²) in [5.74, 6) is -4.12. The molecule has 24 heavy (non-hydrogen) atoms. The minimum absolute atomic E-state index is 0.0262. The van der Waals surface area contributed by atoms with Crippen LogP contribution in [0.25, 0.3) is 6.08 Å². The highest BCUT2D eigenvalue weighted by molar-refractivity contribution is 6.10. The lowest BCUT2D eigenvalue weighted by Crippen LogP contribution is -2.17. The van der Waals surface area contributed by atoms with E-state index >= 15 is 0 Å².